The molecule has 0 unspecified atom stereocenters. The molecule has 2 rings (SSSR count). The van der Waals surface area contributed by atoms with Crippen molar-refractivity contribution in [3.63, 3.8) is 0 Å². The summed E-state index contributed by atoms with van der Waals surface area (Å²) in [6, 6.07) is 10.2. The molecular formula is C13H10ClN3O. The predicted octanol–water partition coefficient (Wildman–Crippen LogP) is 2.50. The van der Waals surface area contributed by atoms with Gasteiger partial charge in [0.15, 0.2) is 0 Å². The Morgan fingerprint density at radius 2 is 2.06 bits per heavy atom. The topological polar surface area (TPSA) is 54.4 Å². The number of amides is 1. The van der Waals surface area contributed by atoms with Gasteiger partial charge in [-0.2, -0.15) is 5.10 Å². The van der Waals surface area contributed by atoms with Crippen molar-refractivity contribution >= 4 is 23.7 Å². The van der Waals surface area contributed by atoms with Gasteiger partial charge in [-0.3, -0.25) is 9.78 Å². The second-order valence-corrected chi connectivity index (χ2v) is 3.93. The second kappa shape index (κ2) is 5.93. The first-order valence-electron chi connectivity index (χ1n) is 5.25. The van der Waals surface area contributed by atoms with E-state index in [1.54, 1.807) is 42.7 Å². The molecule has 0 fully saturated rings. The van der Waals surface area contributed by atoms with E-state index in [1.165, 1.54) is 6.21 Å². The zero-order valence-corrected chi connectivity index (χ0v) is 10.1. The minimum atomic E-state index is -0.285. The summed E-state index contributed by atoms with van der Waals surface area (Å²) in [5.74, 6) is -0.285. The number of carbonyl (C=O) groups is 1. The third-order valence-electron chi connectivity index (χ3n) is 2.17. The summed E-state index contributed by atoms with van der Waals surface area (Å²) in [6.45, 7) is 0. The van der Waals surface area contributed by atoms with E-state index in [2.05, 4.69) is 15.5 Å². The van der Waals surface area contributed by atoms with Crippen LogP contribution in [0, 0.1) is 0 Å². The van der Waals surface area contributed by atoms with Crippen LogP contribution in [0.5, 0.6) is 0 Å². The Hall–Kier alpha value is -2.20. The normalized spacial score (nSPS) is 10.5. The summed E-state index contributed by atoms with van der Waals surface area (Å²) in [7, 11) is 0. The van der Waals surface area contributed by atoms with Crippen LogP contribution in [0.1, 0.15) is 15.9 Å². The smallest absolute Gasteiger partial charge is 0.267 e. The van der Waals surface area contributed by atoms with Crippen molar-refractivity contribution in [2.75, 3.05) is 0 Å². The summed E-state index contributed by atoms with van der Waals surface area (Å²) >= 11 is 5.73. The molecule has 90 valence electrons. The van der Waals surface area contributed by atoms with Crippen molar-refractivity contribution in [3.8, 4) is 0 Å². The molecule has 0 radical (unpaired) electrons. The van der Waals surface area contributed by atoms with Crippen molar-refractivity contribution < 1.29 is 4.79 Å². The lowest BCUT2D eigenvalue weighted by atomic mass is 10.2. The molecule has 0 aliphatic carbocycles. The van der Waals surface area contributed by atoms with Gasteiger partial charge in [0.05, 0.1) is 6.21 Å². The van der Waals surface area contributed by atoms with Gasteiger partial charge < -0.3 is 0 Å². The van der Waals surface area contributed by atoms with Gasteiger partial charge in [0.1, 0.15) is 0 Å². The number of nitrogens with zero attached hydrogens (tertiary/aromatic N) is 2. The molecule has 0 atom stereocenters. The maximum Gasteiger partial charge on any atom is 0.271 e. The highest BCUT2D eigenvalue weighted by Gasteiger charge is 2.02. The van der Waals surface area contributed by atoms with E-state index in [-0.39, 0.29) is 5.91 Å². The molecule has 1 amide bonds. The van der Waals surface area contributed by atoms with Crippen LogP contribution in [0.3, 0.4) is 0 Å². The van der Waals surface area contributed by atoms with Crippen LogP contribution in [0.25, 0.3) is 0 Å². The Morgan fingerprint density at radius 1 is 1.28 bits per heavy atom. The number of hydrazone groups is 1. The molecule has 5 heteroatoms. The van der Waals surface area contributed by atoms with Crippen molar-refractivity contribution in [3.05, 3.63) is 64.9 Å². The summed E-state index contributed by atoms with van der Waals surface area (Å²) in [5.41, 5.74) is 3.74. The Morgan fingerprint density at radius 3 is 2.72 bits per heavy atom. The lowest BCUT2D eigenvalue weighted by Crippen LogP contribution is -2.17. The van der Waals surface area contributed by atoms with Crippen molar-refractivity contribution in [2.45, 2.75) is 0 Å². The summed E-state index contributed by atoms with van der Waals surface area (Å²) < 4.78 is 0. The first-order valence-corrected chi connectivity index (χ1v) is 5.62. The van der Waals surface area contributed by atoms with Crippen LogP contribution in [0.4, 0.5) is 0 Å². The molecule has 0 saturated heterocycles. The molecular weight excluding hydrogens is 250 g/mol. The van der Waals surface area contributed by atoms with Gasteiger partial charge in [-0.15, -0.1) is 0 Å². The zero-order valence-electron chi connectivity index (χ0n) is 9.38. The summed E-state index contributed by atoms with van der Waals surface area (Å²) in [4.78, 5) is 15.6. The number of hydrogen-bond acceptors (Lipinski definition) is 3. The van der Waals surface area contributed by atoms with E-state index in [0.29, 0.717) is 10.6 Å². The number of rotatable bonds is 3. The molecule has 0 spiro atoms. The number of benzene rings is 1. The third kappa shape index (κ3) is 3.40. The van der Waals surface area contributed by atoms with Gasteiger partial charge in [-0.05, 0) is 30.3 Å². The van der Waals surface area contributed by atoms with Crippen LogP contribution in [-0.2, 0) is 0 Å². The maximum atomic E-state index is 11.7. The average Bonchev–Trinajstić information content (AvgIpc) is 2.40. The molecule has 1 heterocycles. The largest absolute Gasteiger partial charge is 0.271 e. The highest BCUT2D eigenvalue weighted by molar-refractivity contribution is 6.30. The van der Waals surface area contributed by atoms with E-state index in [9.17, 15) is 4.79 Å². The standard InChI is InChI=1S/C13H10ClN3O/c14-12-5-3-11(4-6-12)13(18)17-16-9-10-2-1-7-15-8-10/h1-9H,(H,17,18)/b16-9-. The zero-order chi connectivity index (χ0) is 12.8. The SMILES string of the molecule is O=C(N/N=C\c1cccnc1)c1ccc(Cl)cc1. The molecule has 1 aromatic carbocycles. The van der Waals surface area contributed by atoms with Crippen LogP contribution in [0.15, 0.2) is 53.9 Å². The van der Waals surface area contributed by atoms with E-state index in [1.807, 2.05) is 6.07 Å². The maximum absolute atomic E-state index is 11.7. The van der Waals surface area contributed by atoms with Gasteiger partial charge in [0.2, 0.25) is 0 Å². The van der Waals surface area contributed by atoms with Gasteiger partial charge in [-0.1, -0.05) is 17.7 Å². The number of pyridine rings is 1. The number of hydrogen-bond donors (Lipinski definition) is 1. The Kier molecular flexibility index (Phi) is 4.04. The van der Waals surface area contributed by atoms with E-state index < -0.39 is 0 Å². The molecule has 0 aliphatic heterocycles. The highest BCUT2D eigenvalue weighted by Crippen LogP contribution is 2.09. The minimum Gasteiger partial charge on any atom is -0.267 e. The van der Waals surface area contributed by atoms with Crippen molar-refractivity contribution in [2.24, 2.45) is 5.10 Å². The van der Waals surface area contributed by atoms with E-state index in [4.69, 9.17) is 11.6 Å². The summed E-state index contributed by atoms with van der Waals surface area (Å²) in [6.07, 6.45) is 4.85. The van der Waals surface area contributed by atoms with Crippen molar-refractivity contribution in [1.29, 1.82) is 0 Å². The molecule has 0 bridgehead atoms. The monoisotopic (exact) mass is 259 g/mol. The number of aromatic nitrogens is 1. The summed E-state index contributed by atoms with van der Waals surface area (Å²) in [5, 5.41) is 4.43. The first-order chi connectivity index (χ1) is 8.75. The van der Waals surface area contributed by atoms with Gasteiger partial charge in [-0.25, -0.2) is 5.43 Å². The lowest BCUT2D eigenvalue weighted by molar-refractivity contribution is 0.0955. The van der Waals surface area contributed by atoms with Gasteiger partial charge in [0.25, 0.3) is 5.91 Å². The Bertz CT molecular complexity index is 552. The van der Waals surface area contributed by atoms with E-state index in [0.717, 1.165) is 5.56 Å². The molecule has 0 saturated carbocycles. The average molecular weight is 260 g/mol. The van der Waals surface area contributed by atoms with Crippen LogP contribution < -0.4 is 5.43 Å². The number of nitrogens with one attached hydrogen (secondary N) is 1. The fourth-order valence-electron chi connectivity index (χ4n) is 1.28. The molecule has 0 aliphatic rings. The van der Waals surface area contributed by atoms with Crippen LogP contribution >= 0.6 is 11.6 Å². The predicted molar refractivity (Wildman–Crippen MR) is 70.7 cm³/mol. The van der Waals surface area contributed by atoms with E-state index >= 15 is 0 Å². The van der Waals surface area contributed by atoms with Crippen LogP contribution in [-0.4, -0.2) is 17.1 Å². The molecule has 2 aromatic rings. The fraction of sp³-hybridized carbons (Fsp3) is 0. The van der Waals surface area contributed by atoms with Gasteiger partial charge in [0, 0.05) is 28.5 Å². The Balaban J connectivity index is 1.96. The molecule has 4 nitrogen and oxygen atoms in total. The second-order valence-electron chi connectivity index (χ2n) is 3.49. The lowest BCUT2D eigenvalue weighted by Gasteiger charge is -1.99. The highest BCUT2D eigenvalue weighted by atomic mass is 35.5. The molecule has 18 heavy (non-hydrogen) atoms. The minimum absolute atomic E-state index is 0.285. The number of halogens is 1. The fourth-order valence-corrected chi connectivity index (χ4v) is 1.41. The third-order valence-corrected chi connectivity index (χ3v) is 2.42. The Labute approximate surface area is 109 Å². The molecule has 1 aromatic heterocycles. The first kappa shape index (κ1) is 12.3. The molecule has 1 N–H and O–H groups in total. The van der Waals surface area contributed by atoms with Gasteiger partial charge >= 0.3 is 0 Å². The van der Waals surface area contributed by atoms with Crippen molar-refractivity contribution in [1.82, 2.24) is 10.4 Å². The number of carbonyl (C=O) groups excluding carboxylic acids is 1. The van der Waals surface area contributed by atoms with Crippen LogP contribution in [0.2, 0.25) is 5.02 Å². The quantitative estimate of drug-likeness (QED) is 0.680.